The molecule has 2 aliphatic heterocycles. The van der Waals surface area contributed by atoms with Crippen LogP contribution in [0.5, 0.6) is 0 Å². The van der Waals surface area contributed by atoms with Crippen LogP contribution in [0.25, 0.3) is 35.6 Å². The van der Waals surface area contributed by atoms with E-state index in [1.54, 1.807) is 0 Å². The highest BCUT2D eigenvalue weighted by molar-refractivity contribution is 5.95. The molecule has 3 aromatic heterocycles. The maximum Gasteiger partial charge on any atom is 0.320 e. The SMILES string of the molecule is C=Cc1c2[nH]c(c1C)/C=C1\NC(C3=c4[nH]c(c(C)c4=C(O)[C@@H]3C(=O)OC)/C=c3\[nH]/c(c(C)c3CC)=C\2)[C@@H](CCC(=O)OC/C=C(/C)CCC[C@H](C)CCC)[C@@H]1C. The lowest BCUT2D eigenvalue weighted by atomic mass is 9.80. The third kappa shape index (κ3) is 7.74. The average molecular weight is 763 g/mol. The molecule has 3 aromatic rings. The molecule has 6 rings (SSSR count). The van der Waals surface area contributed by atoms with Crippen molar-refractivity contribution in [1.82, 2.24) is 20.3 Å². The number of carbonyl (C=O) groups is 2. The van der Waals surface area contributed by atoms with Crippen LogP contribution in [-0.4, -0.2) is 51.8 Å². The molecule has 8 bridgehead atoms. The van der Waals surface area contributed by atoms with Crippen molar-refractivity contribution in [2.24, 2.45) is 23.7 Å². The number of hydrogen-bond donors (Lipinski definition) is 5. The minimum absolute atomic E-state index is 0.0173. The lowest BCUT2D eigenvalue weighted by Gasteiger charge is -2.26. The number of carbonyl (C=O) groups excluding carboxylic acids is 2. The van der Waals surface area contributed by atoms with Gasteiger partial charge in [0.2, 0.25) is 0 Å². The molecule has 1 fully saturated rings. The van der Waals surface area contributed by atoms with Crippen molar-refractivity contribution in [3.8, 4) is 0 Å². The van der Waals surface area contributed by atoms with Crippen molar-refractivity contribution in [2.45, 2.75) is 113 Å². The number of H-pyrrole nitrogens is 3. The molecule has 1 aliphatic carbocycles. The molecule has 5 N–H and O–H groups in total. The lowest BCUT2D eigenvalue weighted by molar-refractivity contribution is -0.143. The van der Waals surface area contributed by atoms with Gasteiger partial charge in [0.05, 0.1) is 18.5 Å². The molecule has 5 heterocycles. The highest BCUT2D eigenvalue weighted by Gasteiger charge is 2.47. The number of ether oxygens (including phenoxy) is 2. The Labute approximate surface area is 331 Å². The number of methoxy groups -OCH3 is 1. The van der Waals surface area contributed by atoms with E-state index in [1.165, 1.54) is 43.1 Å². The molecule has 9 heteroatoms. The molecule has 0 aromatic carbocycles. The second-order valence-electron chi connectivity index (χ2n) is 16.3. The topological polar surface area (TPSA) is 132 Å². The van der Waals surface area contributed by atoms with Gasteiger partial charge in [0.1, 0.15) is 18.3 Å². The van der Waals surface area contributed by atoms with Crippen molar-refractivity contribution in [3.63, 3.8) is 0 Å². The van der Waals surface area contributed by atoms with Crippen molar-refractivity contribution in [2.75, 3.05) is 13.7 Å². The zero-order valence-corrected chi connectivity index (χ0v) is 34.9. The van der Waals surface area contributed by atoms with E-state index in [1.807, 2.05) is 19.1 Å². The summed E-state index contributed by atoms with van der Waals surface area (Å²) in [6, 6.07) is -0.390. The first-order valence-corrected chi connectivity index (χ1v) is 20.6. The highest BCUT2D eigenvalue weighted by atomic mass is 16.5. The van der Waals surface area contributed by atoms with Gasteiger partial charge in [-0.3, -0.25) is 9.59 Å². The van der Waals surface area contributed by atoms with Gasteiger partial charge in [-0.15, -0.1) is 0 Å². The zero-order valence-electron chi connectivity index (χ0n) is 34.9. The molecule has 300 valence electrons. The number of fused-ring (bicyclic) bond motifs is 8. The van der Waals surface area contributed by atoms with Crippen LogP contribution in [0.15, 0.2) is 23.9 Å². The maximum atomic E-state index is 13.6. The van der Waals surface area contributed by atoms with E-state index in [-0.39, 0.29) is 36.6 Å². The monoisotopic (exact) mass is 762 g/mol. The number of hydrogen-bond acceptors (Lipinski definition) is 6. The van der Waals surface area contributed by atoms with E-state index < -0.39 is 17.9 Å². The van der Waals surface area contributed by atoms with Crippen LogP contribution in [0.2, 0.25) is 0 Å². The molecule has 5 atom stereocenters. The van der Waals surface area contributed by atoms with Crippen molar-refractivity contribution < 1.29 is 24.2 Å². The Morgan fingerprint density at radius 1 is 0.964 bits per heavy atom. The third-order valence-electron chi connectivity index (χ3n) is 12.7. The van der Waals surface area contributed by atoms with Crippen molar-refractivity contribution >= 4 is 47.6 Å². The molecule has 1 saturated heterocycles. The van der Waals surface area contributed by atoms with Gasteiger partial charge in [-0.1, -0.05) is 65.2 Å². The minimum Gasteiger partial charge on any atom is -0.510 e. The molecule has 3 aliphatic rings. The van der Waals surface area contributed by atoms with E-state index >= 15 is 0 Å². The Bertz CT molecular complexity index is 2330. The summed E-state index contributed by atoms with van der Waals surface area (Å²) in [4.78, 5) is 37.9. The molecule has 56 heavy (non-hydrogen) atoms. The molecule has 0 saturated carbocycles. The summed E-state index contributed by atoms with van der Waals surface area (Å²) in [6.45, 7) is 21.6. The second-order valence-corrected chi connectivity index (χ2v) is 16.3. The standard InChI is InChI=1S/C47H62N4O5/c1-11-15-25(4)16-14-17-26(5)20-21-56-40(52)19-18-33-29(8)36-22-34-27(6)31(12-2)38(48-34)23-35-28(7)32(13-3)39(49-35)24-37-30(9)41-45(51-37)42(44(33)50-36)43(46(41)53)47(54)55-10/h12,20,22-25,29,33,43-44,48-51,53H,2,11,13-19,21H2,1,3-10H3/b26-20-,35-23-,36-22-,39-24-/t25-,29+,33+,43-,44?/m1/s1. The number of esters is 2. The molecule has 9 nitrogen and oxygen atoms in total. The fraction of sp³-hybridized carbons (Fsp3) is 0.489. The van der Waals surface area contributed by atoms with E-state index in [0.717, 1.165) is 86.3 Å². The summed E-state index contributed by atoms with van der Waals surface area (Å²) < 4.78 is 11.1. The molecule has 0 spiro atoms. The van der Waals surface area contributed by atoms with Gasteiger partial charge >= 0.3 is 11.9 Å². The molecular weight excluding hydrogens is 701 g/mol. The molecule has 0 radical (unpaired) electrons. The van der Waals surface area contributed by atoms with Gasteiger partial charge in [-0.25, -0.2) is 0 Å². The predicted octanol–water partition coefficient (Wildman–Crippen LogP) is 6.53. The van der Waals surface area contributed by atoms with E-state index in [0.29, 0.717) is 11.6 Å². The highest BCUT2D eigenvalue weighted by Crippen LogP contribution is 2.42. The van der Waals surface area contributed by atoms with Crippen LogP contribution in [-0.2, 0) is 25.5 Å². The molecule has 0 amide bonds. The van der Waals surface area contributed by atoms with E-state index in [2.05, 4.69) is 93.5 Å². The smallest absolute Gasteiger partial charge is 0.320 e. The summed E-state index contributed by atoms with van der Waals surface area (Å²) in [7, 11) is 1.36. The van der Waals surface area contributed by atoms with Crippen molar-refractivity contribution in [1.29, 1.82) is 0 Å². The number of allylic oxidation sites excluding steroid dienone is 2. The van der Waals surface area contributed by atoms with Crippen LogP contribution in [0.1, 0.15) is 124 Å². The normalized spacial score (nSPS) is 22.7. The zero-order chi connectivity index (χ0) is 40.4. The first-order valence-electron chi connectivity index (χ1n) is 20.6. The quantitative estimate of drug-likeness (QED) is 0.0938. The third-order valence-corrected chi connectivity index (χ3v) is 12.7. The van der Waals surface area contributed by atoms with Crippen LogP contribution >= 0.6 is 0 Å². The maximum absolute atomic E-state index is 13.6. The summed E-state index contributed by atoms with van der Waals surface area (Å²) in [6.07, 6.45) is 17.7. The Kier molecular flexibility index (Phi) is 12.4. The first kappa shape index (κ1) is 40.7. The lowest BCUT2D eigenvalue weighted by Crippen LogP contribution is -2.38. The van der Waals surface area contributed by atoms with Crippen LogP contribution in [0.4, 0.5) is 0 Å². The van der Waals surface area contributed by atoms with Crippen LogP contribution in [0, 0.1) is 44.4 Å². The largest absolute Gasteiger partial charge is 0.510 e. The fourth-order valence-corrected chi connectivity index (χ4v) is 9.38. The Balaban J connectivity index is 1.41. The van der Waals surface area contributed by atoms with Gasteiger partial charge in [-0.2, -0.15) is 0 Å². The number of aromatic nitrogens is 3. The number of aliphatic hydroxyl groups excluding tert-OH is 1. The summed E-state index contributed by atoms with van der Waals surface area (Å²) in [5.41, 5.74) is 11.0. The van der Waals surface area contributed by atoms with Crippen LogP contribution < -0.4 is 26.6 Å². The van der Waals surface area contributed by atoms with Gasteiger partial charge in [0, 0.05) is 56.6 Å². The van der Waals surface area contributed by atoms with Gasteiger partial charge in [0.15, 0.2) is 0 Å². The fourth-order valence-electron chi connectivity index (χ4n) is 9.38. The van der Waals surface area contributed by atoms with Gasteiger partial charge in [0.25, 0.3) is 0 Å². The minimum atomic E-state index is -0.990. The van der Waals surface area contributed by atoms with Gasteiger partial charge < -0.3 is 34.8 Å². The Hall–Kier alpha value is -4.92. The number of nitrogens with one attached hydrogen (secondary N) is 4. The van der Waals surface area contributed by atoms with E-state index in [9.17, 15) is 14.7 Å². The van der Waals surface area contributed by atoms with Crippen LogP contribution in [0.3, 0.4) is 0 Å². The Morgan fingerprint density at radius 2 is 1.70 bits per heavy atom. The molecular formula is C47H62N4O5. The predicted molar refractivity (Wildman–Crippen MR) is 226 cm³/mol. The second kappa shape index (κ2) is 17.1. The van der Waals surface area contributed by atoms with Crippen molar-refractivity contribution in [3.05, 3.63) is 90.1 Å². The Morgan fingerprint density at radius 3 is 2.39 bits per heavy atom. The molecule has 1 unspecified atom stereocenters. The number of aliphatic hydroxyl groups is 1. The van der Waals surface area contributed by atoms with Gasteiger partial charge in [-0.05, 0) is 117 Å². The first-order chi connectivity index (χ1) is 26.8. The average Bonchev–Trinajstić information content (AvgIpc) is 3.91. The summed E-state index contributed by atoms with van der Waals surface area (Å²) in [5, 5.41) is 19.0. The number of rotatable bonds is 14. The summed E-state index contributed by atoms with van der Waals surface area (Å²) in [5.74, 6) is -1.18. The summed E-state index contributed by atoms with van der Waals surface area (Å²) >= 11 is 0. The van der Waals surface area contributed by atoms with E-state index in [4.69, 9.17) is 9.47 Å². The number of aromatic amines is 3.